The molecule has 1 nitrogen and oxygen atoms in total. The number of aryl methyl sites for hydroxylation is 1. The summed E-state index contributed by atoms with van der Waals surface area (Å²) in [5.74, 6) is 1.26. The van der Waals surface area contributed by atoms with E-state index in [1.807, 2.05) is 24.2 Å². The minimum Gasteiger partial charge on any atom is -0.264 e. The van der Waals surface area contributed by atoms with Crippen molar-refractivity contribution in [1.82, 2.24) is 4.98 Å². The maximum Gasteiger partial charge on any atom is 0.0406 e. The van der Waals surface area contributed by atoms with Crippen LogP contribution in [-0.4, -0.2) is 10.7 Å². The zero-order valence-electron chi connectivity index (χ0n) is 6.42. The number of thioether (sulfide) groups is 1. The molecule has 0 aliphatic carbocycles. The van der Waals surface area contributed by atoms with Gasteiger partial charge in [-0.1, -0.05) is 0 Å². The lowest BCUT2D eigenvalue weighted by Crippen LogP contribution is -1.85. The van der Waals surface area contributed by atoms with Crippen LogP contribution in [0.4, 0.5) is 0 Å². The molecule has 2 rings (SSSR count). The number of hydrogen-bond acceptors (Lipinski definition) is 2. The normalized spacial score (nSPS) is 17.1. The van der Waals surface area contributed by atoms with Gasteiger partial charge in [-0.25, -0.2) is 0 Å². The first-order valence-electron chi connectivity index (χ1n) is 4.02. The Kier molecular flexibility index (Phi) is 2.13. The number of rotatable bonds is 0. The second-order valence-electron chi connectivity index (χ2n) is 2.79. The molecule has 0 saturated carbocycles. The Morgan fingerprint density at radius 2 is 2.36 bits per heavy atom. The van der Waals surface area contributed by atoms with Crippen LogP contribution >= 0.6 is 11.8 Å². The Morgan fingerprint density at radius 1 is 1.36 bits per heavy atom. The van der Waals surface area contributed by atoms with Crippen LogP contribution in [0.5, 0.6) is 0 Å². The van der Waals surface area contributed by atoms with Crippen molar-refractivity contribution in [2.45, 2.75) is 24.2 Å². The Labute approximate surface area is 71.2 Å². The first kappa shape index (κ1) is 7.17. The van der Waals surface area contributed by atoms with Gasteiger partial charge in [0, 0.05) is 17.3 Å². The molecule has 2 heterocycles. The molecule has 1 aliphatic rings. The van der Waals surface area contributed by atoms with E-state index in [1.165, 1.54) is 35.5 Å². The van der Waals surface area contributed by atoms with Gasteiger partial charge in [-0.15, -0.1) is 11.8 Å². The van der Waals surface area contributed by atoms with Gasteiger partial charge in [-0.05, 0) is 36.6 Å². The van der Waals surface area contributed by atoms with Crippen LogP contribution in [0, 0.1) is 0 Å². The van der Waals surface area contributed by atoms with Crippen LogP contribution < -0.4 is 0 Å². The highest BCUT2D eigenvalue weighted by Crippen LogP contribution is 2.27. The van der Waals surface area contributed by atoms with Crippen molar-refractivity contribution in [1.29, 1.82) is 0 Å². The SMILES string of the molecule is c1cc2c(cn1)SCCCC2. The molecule has 1 aromatic rings. The minimum absolute atomic E-state index is 1.24. The molecule has 1 aliphatic heterocycles. The quantitative estimate of drug-likeness (QED) is 0.586. The van der Waals surface area contributed by atoms with Gasteiger partial charge in [-0.2, -0.15) is 0 Å². The Bertz CT molecular complexity index is 222. The molecule has 0 fully saturated rings. The summed E-state index contributed by atoms with van der Waals surface area (Å²) in [5, 5.41) is 0. The molecule has 0 saturated heterocycles. The summed E-state index contributed by atoms with van der Waals surface area (Å²) in [5.41, 5.74) is 1.49. The molecule has 0 N–H and O–H groups in total. The van der Waals surface area contributed by atoms with Crippen LogP contribution in [0.15, 0.2) is 23.4 Å². The molecule has 0 radical (unpaired) electrons. The van der Waals surface area contributed by atoms with Crippen LogP contribution in [0.1, 0.15) is 18.4 Å². The van der Waals surface area contributed by atoms with E-state index < -0.39 is 0 Å². The lowest BCUT2D eigenvalue weighted by Gasteiger charge is -2.00. The summed E-state index contributed by atoms with van der Waals surface area (Å²) in [6, 6.07) is 2.15. The van der Waals surface area contributed by atoms with Gasteiger partial charge in [-0.3, -0.25) is 4.98 Å². The molecule has 2 heteroatoms. The Balaban J connectivity index is 2.33. The highest BCUT2D eigenvalue weighted by atomic mass is 32.2. The molecular weight excluding hydrogens is 154 g/mol. The fourth-order valence-electron chi connectivity index (χ4n) is 1.34. The third kappa shape index (κ3) is 1.56. The fraction of sp³-hybridized carbons (Fsp3) is 0.444. The molecule has 0 amide bonds. The van der Waals surface area contributed by atoms with Gasteiger partial charge in [0.05, 0.1) is 0 Å². The highest BCUT2D eigenvalue weighted by molar-refractivity contribution is 7.99. The zero-order valence-corrected chi connectivity index (χ0v) is 7.23. The average molecular weight is 165 g/mol. The van der Waals surface area contributed by atoms with Gasteiger partial charge < -0.3 is 0 Å². The molecule has 0 spiro atoms. The zero-order chi connectivity index (χ0) is 7.52. The summed E-state index contributed by atoms with van der Waals surface area (Å²) in [6.45, 7) is 0. The van der Waals surface area contributed by atoms with Crippen molar-refractivity contribution >= 4 is 11.8 Å². The van der Waals surface area contributed by atoms with E-state index in [2.05, 4.69) is 11.1 Å². The number of hydrogen-bond donors (Lipinski definition) is 0. The van der Waals surface area contributed by atoms with Crippen molar-refractivity contribution in [3.63, 3.8) is 0 Å². The van der Waals surface area contributed by atoms with Crippen LogP contribution in [-0.2, 0) is 6.42 Å². The summed E-state index contributed by atoms with van der Waals surface area (Å²) >= 11 is 1.95. The second-order valence-corrected chi connectivity index (χ2v) is 3.93. The van der Waals surface area contributed by atoms with Crippen molar-refractivity contribution in [2.75, 3.05) is 5.75 Å². The molecule has 0 atom stereocenters. The van der Waals surface area contributed by atoms with E-state index >= 15 is 0 Å². The number of aromatic nitrogens is 1. The van der Waals surface area contributed by atoms with E-state index in [-0.39, 0.29) is 0 Å². The van der Waals surface area contributed by atoms with Gasteiger partial charge in [0.1, 0.15) is 0 Å². The van der Waals surface area contributed by atoms with Gasteiger partial charge in [0.15, 0.2) is 0 Å². The third-order valence-corrected chi connectivity index (χ3v) is 3.14. The largest absolute Gasteiger partial charge is 0.264 e. The van der Waals surface area contributed by atoms with E-state index in [0.29, 0.717) is 0 Å². The first-order valence-corrected chi connectivity index (χ1v) is 5.01. The van der Waals surface area contributed by atoms with Gasteiger partial charge in [0.2, 0.25) is 0 Å². The van der Waals surface area contributed by atoms with Crippen molar-refractivity contribution in [3.05, 3.63) is 24.0 Å². The van der Waals surface area contributed by atoms with Gasteiger partial charge in [0.25, 0.3) is 0 Å². The fourth-order valence-corrected chi connectivity index (χ4v) is 2.40. The van der Waals surface area contributed by atoms with Crippen molar-refractivity contribution in [3.8, 4) is 0 Å². The summed E-state index contributed by atoms with van der Waals surface area (Å²) in [4.78, 5) is 5.51. The average Bonchev–Trinajstić information content (AvgIpc) is 2.28. The number of pyridine rings is 1. The predicted molar refractivity (Wildman–Crippen MR) is 47.9 cm³/mol. The van der Waals surface area contributed by atoms with E-state index in [9.17, 15) is 0 Å². The van der Waals surface area contributed by atoms with Crippen LogP contribution in [0.2, 0.25) is 0 Å². The lowest BCUT2D eigenvalue weighted by molar-refractivity contribution is 0.802. The van der Waals surface area contributed by atoms with Crippen molar-refractivity contribution < 1.29 is 0 Å². The molecular formula is C9H11NS. The first-order chi connectivity index (χ1) is 5.47. The Morgan fingerprint density at radius 3 is 3.36 bits per heavy atom. The molecule has 0 unspecified atom stereocenters. The maximum absolute atomic E-state index is 4.12. The van der Waals surface area contributed by atoms with Crippen LogP contribution in [0.25, 0.3) is 0 Å². The topological polar surface area (TPSA) is 12.9 Å². The molecule has 1 aromatic heterocycles. The van der Waals surface area contributed by atoms with Gasteiger partial charge >= 0.3 is 0 Å². The van der Waals surface area contributed by atoms with E-state index in [1.54, 1.807) is 0 Å². The summed E-state index contributed by atoms with van der Waals surface area (Å²) < 4.78 is 0. The highest BCUT2D eigenvalue weighted by Gasteiger charge is 2.06. The second kappa shape index (κ2) is 3.26. The summed E-state index contributed by atoms with van der Waals surface area (Å²) in [7, 11) is 0. The van der Waals surface area contributed by atoms with Crippen molar-refractivity contribution in [2.24, 2.45) is 0 Å². The Hall–Kier alpha value is -0.500. The molecule has 58 valence electrons. The maximum atomic E-state index is 4.12. The third-order valence-electron chi connectivity index (χ3n) is 1.97. The minimum atomic E-state index is 1.24. The standard InChI is InChI=1S/C9H11NS/c1-2-6-11-9-7-10-5-4-8(9)3-1/h4-5,7H,1-3,6H2. The number of fused-ring (bicyclic) bond motifs is 1. The molecule has 0 aromatic carbocycles. The van der Waals surface area contributed by atoms with E-state index in [4.69, 9.17) is 0 Å². The van der Waals surface area contributed by atoms with E-state index in [0.717, 1.165) is 0 Å². The smallest absolute Gasteiger partial charge is 0.0406 e. The van der Waals surface area contributed by atoms with Crippen LogP contribution in [0.3, 0.4) is 0 Å². The monoisotopic (exact) mass is 165 g/mol. The molecule has 0 bridgehead atoms. The summed E-state index contributed by atoms with van der Waals surface area (Å²) in [6.07, 6.45) is 7.81. The molecule has 11 heavy (non-hydrogen) atoms. The number of nitrogens with zero attached hydrogens (tertiary/aromatic N) is 1. The predicted octanol–water partition coefficient (Wildman–Crippen LogP) is 2.51. The lowest BCUT2D eigenvalue weighted by atomic mass is 10.1.